The number of nitrogens with one attached hydrogen (secondary N) is 1. The number of thioether (sulfide) groups is 1. The number of benzene rings is 3. The van der Waals surface area contributed by atoms with Crippen molar-refractivity contribution in [2.24, 2.45) is 4.99 Å². The summed E-state index contributed by atoms with van der Waals surface area (Å²) in [5, 5.41) is 5.33. The molecule has 3 unspecified atom stereocenters. The first-order valence-corrected chi connectivity index (χ1v) is 12.9. The van der Waals surface area contributed by atoms with E-state index in [2.05, 4.69) is 54.4 Å². The van der Waals surface area contributed by atoms with Crippen LogP contribution in [0.5, 0.6) is 0 Å². The molecule has 34 heavy (non-hydrogen) atoms. The van der Waals surface area contributed by atoms with Gasteiger partial charge >= 0.3 is 6.18 Å². The van der Waals surface area contributed by atoms with Gasteiger partial charge in [-0.05, 0) is 45.4 Å². The van der Waals surface area contributed by atoms with Crippen LogP contribution in [0.3, 0.4) is 0 Å². The predicted molar refractivity (Wildman–Crippen MR) is 138 cm³/mol. The van der Waals surface area contributed by atoms with Crippen LogP contribution in [0.4, 0.5) is 13.2 Å². The van der Waals surface area contributed by atoms with E-state index in [1.807, 2.05) is 17.6 Å². The van der Waals surface area contributed by atoms with Crippen molar-refractivity contribution < 1.29 is 13.2 Å². The molecule has 0 bridgehead atoms. The third-order valence-electron chi connectivity index (χ3n) is 5.95. The maximum atomic E-state index is 12.8. The molecule has 2 nitrogen and oxygen atoms in total. The first-order chi connectivity index (χ1) is 16.4. The Hall–Kier alpha value is -2.82. The Labute approximate surface area is 202 Å². The van der Waals surface area contributed by atoms with Crippen molar-refractivity contribution in [2.75, 3.05) is 6.54 Å². The monoisotopic (exact) mass is 494 g/mol. The highest BCUT2D eigenvalue weighted by Crippen LogP contribution is 2.44. The average molecular weight is 495 g/mol. The van der Waals surface area contributed by atoms with Crippen LogP contribution < -0.4 is 5.32 Å². The van der Waals surface area contributed by atoms with Gasteiger partial charge in [-0.3, -0.25) is 4.99 Å². The van der Waals surface area contributed by atoms with Crippen molar-refractivity contribution in [3.8, 4) is 0 Å². The van der Waals surface area contributed by atoms with Crippen LogP contribution in [0, 0.1) is 0 Å². The number of halogens is 3. The maximum Gasteiger partial charge on any atom is 0.416 e. The molecule has 2 aliphatic heterocycles. The fourth-order valence-electron chi connectivity index (χ4n) is 4.12. The Balaban J connectivity index is 1.23. The highest BCUT2D eigenvalue weighted by atomic mass is 32.2. The number of rotatable bonds is 5. The lowest BCUT2D eigenvalue weighted by Gasteiger charge is -2.15. The molecule has 3 aromatic carbocycles. The molecule has 0 aromatic heterocycles. The van der Waals surface area contributed by atoms with Crippen molar-refractivity contribution in [1.82, 2.24) is 5.32 Å². The van der Waals surface area contributed by atoms with E-state index in [9.17, 15) is 13.2 Å². The largest absolute Gasteiger partial charge is 0.416 e. The fourth-order valence-corrected chi connectivity index (χ4v) is 6.55. The van der Waals surface area contributed by atoms with Gasteiger partial charge in [0.1, 0.15) is 5.37 Å². The highest BCUT2D eigenvalue weighted by molar-refractivity contribution is 8.02. The molecule has 0 amide bonds. The van der Waals surface area contributed by atoms with Gasteiger partial charge in [-0.25, -0.2) is 0 Å². The molecule has 2 aliphatic rings. The Kier molecular flexibility index (Phi) is 6.37. The maximum absolute atomic E-state index is 12.8. The molecule has 7 heteroatoms. The summed E-state index contributed by atoms with van der Waals surface area (Å²) in [6.07, 6.45) is -2.41. The van der Waals surface area contributed by atoms with E-state index in [-0.39, 0.29) is 5.37 Å². The van der Waals surface area contributed by atoms with Crippen LogP contribution in [0.15, 0.2) is 89.8 Å². The number of hydrogen-bond acceptors (Lipinski definition) is 3. The molecule has 1 N–H and O–H groups in total. The zero-order valence-corrected chi connectivity index (χ0v) is 20.0. The number of hydrogen-bond donors (Lipinski definition) is 1. The average Bonchev–Trinajstić information content (AvgIpc) is 3.54. The minimum Gasteiger partial charge on any atom is -0.368 e. The van der Waals surface area contributed by atoms with E-state index in [1.54, 1.807) is 11.8 Å². The van der Waals surface area contributed by atoms with Gasteiger partial charge < -0.3 is 5.32 Å². The number of nitrogens with zero attached hydrogens (tertiary/aromatic N) is 1. The van der Waals surface area contributed by atoms with Crippen LogP contribution in [0.25, 0.3) is 11.8 Å². The topological polar surface area (TPSA) is 24.4 Å². The summed E-state index contributed by atoms with van der Waals surface area (Å²) in [7, 11) is 0.609. The first kappa shape index (κ1) is 22.9. The zero-order valence-electron chi connectivity index (χ0n) is 18.1. The molecular weight excluding hydrogens is 472 g/mol. The molecule has 0 radical (unpaired) electrons. The Bertz CT molecular complexity index is 1260. The van der Waals surface area contributed by atoms with Crippen LogP contribution >= 0.6 is 20.3 Å². The molecule has 3 aromatic rings. The SMILES string of the molecule is C=Cc1ccccc1C1CN=C(c2ccc(C3=CSC(c4ccc(C(F)(F)F)cc4)N3)cc2)P1. The summed E-state index contributed by atoms with van der Waals surface area (Å²) in [5.41, 5.74) is 7.33. The molecule has 2 heterocycles. The highest BCUT2D eigenvalue weighted by Gasteiger charge is 2.30. The molecular formula is C27H22F3N2PS. The fraction of sp³-hybridized carbons (Fsp3) is 0.148. The van der Waals surface area contributed by atoms with Crippen LogP contribution in [0.1, 0.15) is 44.4 Å². The van der Waals surface area contributed by atoms with Gasteiger partial charge in [0.05, 0.1) is 17.6 Å². The lowest BCUT2D eigenvalue weighted by atomic mass is 10.0. The van der Waals surface area contributed by atoms with E-state index in [1.165, 1.54) is 23.3 Å². The van der Waals surface area contributed by atoms with Crippen molar-refractivity contribution in [2.45, 2.75) is 17.2 Å². The predicted octanol–water partition coefficient (Wildman–Crippen LogP) is 7.86. The molecule has 3 atom stereocenters. The van der Waals surface area contributed by atoms with E-state index in [4.69, 9.17) is 4.99 Å². The van der Waals surface area contributed by atoms with Gasteiger partial charge in [-0.2, -0.15) is 13.2 Å². The van der Waals surface area contributed by atoms with E-state index in [0.29, 0.717) is 14.2 Å². The first-order valence-electron chi connectivity index (χ1n) is 10.8. The van der Waals surface area contributed by atoms with E-state index < -0.39 is 11.7 Å². The lowest BCUT2D eigenvalue weighted by Crippen LogP contribution is -2.13. The molecule has 0 saturated heterocycles. The smallest absolute Gasteiger partial charge is 0.368 e. The van der Waals surface area contributed by atoms with Gasteiger partial charge in [-0.1, -0.05) is 81.9 Å². The van der Waals surface area contributed by atoms with Gasteiger partial charge in [0.15, 0.2) is 0 Å². The molecule has 5 rings (SSSR count). The molecule has 0 fully saturated rings. The summed E-state index contributed by atoms with van der Waals surface area (Å²) in [6, 6.07) is 22.0. The Morgan fingerprint density at radius 2 is 1.68 bits per heavy atom. The van der Waals surface area contributed by atoms with Crippen LogP contribution in [-0.2, 0) is 6.18 Å². The molecule has 0 spiro atoms. The minimum absolute atomic E-state index is 0.108. The lowest BCUT2D eigenvalue weighted by molar-refractivity contribution is -0.137. The van der Waals surface area contributed by atoms with E-state index in [0.717, 1.165) is 46.5 Å². The van der Waals surface area contributed by atoms with Gasteiger partial charge in [0, 0.05) is 11.4 Å². The van der Waals surface area contributed by atoms with E-state index >= 15 is 0 Å². The molecule has 172 valence electrons. The third kappa shape index (κ3) is 4.70. The summed E-state index contributed by atoms with van der Waals surface area (Å²) in [6.45, 7) is 4.72. The second kappa shape index (κ2) is 9.44. The van der Waals surface area contributed by atoms with Gasteiger partial charge in [0.25, 0.3) is 0 Å². The second-order valence-electron chi connectivity index (χ2n) is 8.11. The van der Waals surface area contributed by atoms with Crippen LogP contribution in [-0.4, -0.2) is 12.0 Å². The number of aliphatic imine (C=N–C) groups is 1. The summed E-state index contributed by atoms with van der Waals surface area (Å²) < 4.78 is 38.5. The van der Waals surface area contributed by atoms with Gasteiger partial charge in [-0.15, -0.1) is 11.8 Å². The Morgan fingerprint density at radius 1 is 0.971 bits per heavy atom. The molecule has 0 saturated carbocycles. The summed E-state index contributed by atoms with van der Waals surface area (Å²) in [4.78, 5) is 4.82. The van der Waals surface area contributed by atoms with Crippen molar-refractivity contribution in [3.05, 3.63) is 118 Å². The molecule has 0 aliphatic carbocycles. The van der Waals surface area contributed by atoms with Crippen molar-refractivity contribution in [1.29, 1.82) is 0 Å². The van der Waals surface area contributed by atoms with Gasteiger partial charge in [0.2, 0.25) is 0 Å². The van der Waals surface area contributed by atoms with Crippen molar-refractivity contribution >= 4 is 37.6 Å². The summed E-state index contributed by atoms with van der Waals surface area (Å²) in [5.74, 6) is 0. The second-order valence-corrected chi connectivity index (χ2v) is 10.5. The quantitative estimate of drug-likeness (QED) is 0.365. The summed E-state index contributed by atoms with van der Waals surface area (Å²) >= 11 is 1.56. The third-order valence-corrected chi connectivity index (χ3v) is 8.55. The minimum atomic E-state index is -4.32. The zero-order chi connectivity index (χ0) is 23.7. The van der Waals surface area contributed by atoms with Crippen LogP contribution in [0.2, 0.25) is 0 Å². The Morgan fingerprint density at radius 3 is 2.38 bits per heavy atom. The standard InChI is InChI=1S/C27H22F3N2PS/c1-2-17-5-3-4-6-22(17)24-15-31-25(33-24)19-9-7-18(8-10-19)23-16-34-26(32-23)20-11-13-21(14-12-20)27(28,29)30/h2-14,16,24,26,32-33H,1,15H2. The number of alkyl halides is 3. The van der Waals surface area contributed by atoms with Crippen molar-refractivity contribution in [3.63, 3.8) is 0 Å². The normalized spacial score (nSPS) is 20.7.